The first kappa shape index (κ1) is 33.6. The number of rotatable bonds is 6. The van der Waals surface area contributed by atoms with Crippen molar-refractivity contribution in [3.8, 4) is 11.3 Å². The van der Waals surface area contributed by atoms with Gasteiger partial charge in [0.25, 0.3) is 6.43 Å². The maximum absolute atomic E-state index is 13.6. The summed E-state index contributed by atoms with van der Waals surface area (Å²) in [5, 5.41) is 3.27. The zero-order valence-corrected chi connectivity index (χ0v) is 27.0. The summed E-state index contributed by atoms with van der Waals surface area (Å²) < 4.78 is 43.5. The second-order valence-electron chi connectivity index (χ2n) is 11.7. The molecule has 0 saturated carbocycles. The Kier molecular flexibility index (Phi) is 11.0. The van der Waals surface area contributed by atoms with Crippen LogP contribution >= 0.6 is 0 Å². The molecule has 1 atom stereocenters. The van der Waals surface area contributed by atoms with Crippen LogP contribution in [0.1, 0.15) is 18.9 Å². The molecular weight excluding hydrogens is 630 g/mol. The highest BCUT2D eigenvalue weighted by atomic mass is 19.3. The summed E-state index contributed by atoms with van der Waals surface area (Å²) in [5.74, 6) is 2.35. The Hall–Kier alpha value is -4.26. The number of aromatic amines is 1. The van der Waals surface area contributed by atoms with Gasteiger partial charge in [0.1, 0.15) is 11.6 Å². The third-order valence-electron chi connectivity index (χ3n) is 8.46. The van der Waals surface area contributed by atoms with Gasteiger partial charge < -0.3 is 44.9 Å². The molecule has 0 radical (unpaired) electrons. The van der Waals surface area contributed by atoms with Crippen molar-refractivity contribution in [3.63, 3.8) is 0 Å². The molecule has 4 fully saturated rings. The Morgan fingerprint density at radius 2 is 1.48 bits per heavy atom. The summed E-state index contributed by atoms with van der Waals surface area (Å²) in [5.41, 5.74) is 5.75. The maximum Gasteiger partial charge on any atom is 0.351 e. The quantitative estimate of drug-likeness (QED) is 0.330. The van der Waals surface area contributed by atoms with Gasteiger partial charge in [0.15, 0.2) is 0 Å². The fraction of sp³-hybridized carbons (Fsp3) is 0.600. The number of H-pyrrole nitrogens is 1. The molecule has 0 spiro atoms. The van der Waals surface area contributed by atoms with Gasteiger partial charge >= 0.3 is 5.69 Å². The molecule has 260 valence electrons. The summed E-state index contributed by atoms with van der Waals surface area (Å²) >= 11 is 0. The molecule has 4 aliphatic rings. The largest absolute Gasteiger partial charge is 0.384 e. The average Bonchev–Trinajstić information content (AvgIpc) is 3.12. The Labute approximate surface area is 276 Å². The first-order valence-corrected chi connectivity index (χ1v) is 16.2. The molecule has 16 nitrogen and oxygen atoms in total. The minimum atomic E-state index is -2.69. The highest BCUT2D eigenvalue weighted by molar-refractivity contribution is 5.69. The third kappa shape index (κ3) is 8.23. The predicted octanol–water partition coefficient (Wildman–Crippen LogP) is 0.531. The normalized spacial score (nSPS) is 20.5. The average molecular weight is 673 g/mol. The fourth-order valence-corrected chi connectivity index (χ4v) is 5.85. The number of nitrogens with two attached hydrogens (primary N) is 1. The summed E-state index contributed by atoms with van der Waals surface area (Å²) in [4.78, 5) is 44.5. The number of piperazine rings is 1. The zero-order valence-electron chi connectivity index (χ0n) is 27.0. The first-order valence-electron chi connectivity index (χ1n) is 16.2. The minimum absolute atomic E-state index is 0.0508. The van der Waals surface area contributed by atoms with Gasteiger partial charge in [-0.2, -0.15) is 15.0 Å². The Balaban J connectivity index is 0.000000177. The molecule has 4 aliphatic heterocycles. The van der Waals surface area contributed by atoms with Gasteiger partial charge in [-0.25, -0.2) is 23.5 Å². The maximum atomic E-state index is 13.6. The van der Waals surface area contributed by atoms with Gasteiger partial charge in [-0.1, -0.05) is 0 Å². The number of nitrogen functional groups attached to an aromatic ring is 1. The number of anilines is 5. The van der Waals surface area contributed by atoms with Crippen LogP contribution in [-0.2, 0) is 14.2 Å². The van der Waals surface area contributed by atoms with Crippen molar-refractivity contribution >= 4 is 29.5 Å². The minimum Gasteiger partial charge on any atom is -0.384 e. The molecule has 18 heteroatoms. The molecule has 4 saturated heterocycles. The van der Waals surface area contributed by atoms with E-state index in [2.05, 4.69) is 47.0 Å². The van der Waals surface area contributed by atoms with Crippen molar-refractivity contribution in [2.75, 3.05) is 124 Å². The SMILES string of the molecule is CC1COCCN1c1nc(N2CCNCC2)nc(=O)[nH]1.Nc1cc(C(F)F)c(-c2cc(N3CCOCC3)nc(N3CCOCC3)n2)cn1. The van der Waals surface area contributed by atoms with Crippen LogP contribution in [0.5, 0.6) is 0 Å². The number of aromatic nitrogens is 6. The van der Waals surface area contributed by atoms with E-state index in [1.54, 1.807) is 6.07 Å². The zero-order chi connectivity index (χ0) is 33.5. The van der Waals surface area contributed by atoms with Gasteiger partial charge in [-0.3, -0.25) is 4.98 Å². The number of morpholine rings is 3. The second kappa shape index (κ2) is 15.8. The number of pyridine rings is 1. The van der Waals surface area contributed by atoms with Crippen LogP contribution in [0.4, 0.5) is 38.3 Å². The fourth-order valence-electron chi connectivity index (χ4n) is 5.85. The molecule has 0 amide bonds. The third-order valence-corrected chi connectivity index (χ3v) is 8.46. The lowest BCUT2D eigenvalue weighted by atomic mass is 10.1. The van der Waals surface area contributed by atoms with Crippen molar-refractivity contribution in [3.05, 3.63) is 34.4 Å². The lowest BCUT2D eigenvalue weighted by molar-refractivity contribution is 0.0980. The Morgan fingerprint density at radius 3 is 2.17 bits per heavy atom. The van der Waals surface area contributed by atoms with Gasteiger partial charge in [0.05, 0.1) is 51.4 Å². The van der Waals surface area contributed by atoms with E-state index < -0.39 is 6.43 Å². The van der Waals surface area contributed by atoms with E-state index in [0.717, 1.165) is 32.7 Å². The van der Waals surface area contributed by atoms with E-state index in [9.17, 15) is 13.6 Å². The molecule has 0 aromatic carbocycles. The van der Waals surface area contributed by atoms with Gasteiger partial charge in [-0.15, -0.1) is 0 Å². The summed E-state index contributed by atoms with van der Waals surface area (Å²) in [6, 6.07) is 3.13. The van der Waals surface area contributed by atoms with Crippen LogP contribution in [0.25, 0.3) is 11.3 Å². The molecule has 3 aromatic rings. The molecule has 3 aromatic heterocycles. The molecule has 0 bridgehead atoms. The van der Waals surface area contributed by atoms with E-state index in [-0.39, 0.29) is 28.7 Å². The lowest BCUT2D eigenvalue weighted by Gasteiger charge is -2.34. The number of nitrogens with zero attached hydrogens (tertiary/aromatic N) is 9. The Morgan fingerprint density at radius 1 is 0.833 bits per heavy atom. The number of alkyl halides is 2. The summed E-state index contributed by atoms with van der Waals surface area (Å²) in [7, 11) is 0. The monoisotopic (exact) mass is 672 g/mol. The van der Waals surface area contributed by atoms with Crippen LogP contribution in [0.15, 0.2) is 23.1 Å². The summed E-state index contributed by atoms with van der Waals surface area (Å²) in [6.07, 6.45) is -1.33. The number of nitrogens with one attached hydrogen (secondary N) is 2. The molecule has 1 unspecified atom stereocenters. The molecule has 48 heavy (non-hydrogen) atoms. The van der Waals surface area contributed by atoms with Crippen LogP contribution in [0.3, 0.4) is 0 Å². The molecule has 7 heterocycles. The molecule has 4 N–H and O–H groups in total. The van der Waals surface area contributed by atoms with Gasteiger partial charge in [-0.05, 0) is 13.0 Å². The topological polar surface area (TPSA) is 176 Å². The number of halogens is 2. The van der Waals surface area contributed by atoms with Crippen LogP contribution in [0, 0.1) is 0 Å². The van der Waals surface area contributed by atoms with E-state index in [0.29, 0.717) is 95.2 Å². The van der Waals surface area contributed by atoms with Crippen molar-refractivity contribution in [1.82, 2.24) is 35.2 Å². The molecule has 7 rings (SSSR count). The van der Waals surface area contributed by atoms with Gasteiger partial charge in [0.2, 0.25) is 17.8 Å². The summed E-state index contributed by atoms with van der Waals surface area (Å²) in [6.45, 7) is 12.5. The van der Waals surface area contributed by atoms with Crippen molar-refractivity contribution in [2.24, 2.45) is 0 Å². The van der Waals surface area contributed by atoms with Crippen molar-refractivity contribution in [1.29, 1.82) is 0 Å². The number of hydrogen-bond donors (Lipinski definition) is 3. The highest BCUT2D eigenvalue weighted by Crippen LogP contribution is 2.33. The van der Waals surface area contributed by atoms with Crippen LogP contribution < -0.4 is 36.3 Å². The molecular formula is C30H42F2N12O4. The van der Waals surface area contributed by atoms with Crippen LogP contribution in [0.2, 0.25) is 0 Å². The number of hydrogen-bond acceptors (Lipinski definition) is 15. The van der Waals surface area contributed by atoms with Crippen molar-refractivity contribution in [2.45, 2.75) is 19.4 Å². The van der Waals surface area contributed by atoms with Gasteiger partial charge in [0, 0.05) is 82.3 Å². The van der Waals surface area contributed by atoms with E-state index >= 15 is 0 Å². The van der Waals surface area contributed by atoms with Crippen molar-refractivity contribution < 1.29 is 23.0 Å². The Bertz CT molecular complexity index is 1530. The highest BCUT2D eigenvalue weighted by Gasteiger charge is 2.25. The predicted molar refractivity (Wildman–Crippen MR) is 176 cm³/mol. The lowest BCUT2D eigenvalue weighted by Crippen LogP contribution is -2.47. The van der Waals surface area contributed by atoms with E-state index in [1.165, 1.54) is 12.3 Å². The van der Waals surface area contributed by atoms with E-state index in [1.807, 2.05) is 9.80 Å². The second-order valence-corrected chi connectivity index (χ2v) is 11.7. The smallest absolute Gasteiger partial charge is 0.351 e. The molecule has 0 aliphatic carbocycles. The standard InChI is InChI=1S/C18H22F2N6O2.C12H20N6O2/c19-17(20)12-9-15(21)22-11-13(12)14-10-16(25-1-5-27-6-2-25)24-18(23-14)26-3-7-28-8-4-26;1-9-8-20-7-6-18(9)11-14-10(15-12(19)16-11)17-4-2-13-3-5-17/h9-11,17H,1-8H2,(H2,21,22);9,13H,2-8H2,1H3,(H,14,15,16,19). The number of ether oxygens (including phenoxy) is 3. The first-order chi connectivity index (χ1) is 23.4. The van der Waals surface area contributed by atoms with Crippen LogP contribution in [-0.4, -0.2) is 134 Å². The van der Waals surface area contributed by atoms with E-state index in [4.69, 9.17) is 24.9 Å².